The van der Waals surface area contributed by atoms with Gasteiger partial charge in [0.25, 0.3) is 5.91 Å². The van der Waals surface area contributed by atoms with Crippen LogP contribution in [0, 0.1) is 0 Å². The molecule has 5 rings (SSSR count). The number of nitrogens with zero attached hydrogens (tertiary/aromatic N) is 3. The van der Waals surface area contributed by atoms with E-state index in [-0.39, 0.29) is 11.8 Å². The molecule has 2 N–H and O–H groups in total. The number of aromatic amines is 1. The molecular weight excluding hydrogens is 450 g/mol. The van der Waals surface area contributed by atoms with Crippen LogP contribution in [0.5, 0.6) is 5.75 Å². The molecule has 1 amide bonds. The minimum Gasteiger partial charge on any atom is -0.497 e. The fraction of sp³-hybridized carbons (Fsp3) is 0.172. The molecule has 0 aliphatic carbocycles. The van der Waals surface area contributed by atoms with Crippen molar-refractivity contribution in [1.29, 1.82) is 0 Å². The molecule has 0 saturated carbocycles. The molecule has 7 heteroatoms. The summed E-state index contributed by atoms with van der Waals surface area (Å²) >= 11 is 0. The molecule has 2 aromatic heterocycles. The highest BCUT2D eigenvalue weighted by molar-refractivity contribution is 5.92. The molecule has 5 aromatic rings. The number of hydrogen-bond acceptors (Lipinski definition) is 4. The Morgan fingerprint density at radius 2 is 1.78 bits per heavy atom. The minimum atomic E-state index is -0.211. The lowest BCUT2D eigenvalue weighted by atomic mass is 9.90. The molecule has 0 fully saturated rings. The van der Waals surface area contributed by atoms with Crippen LogP contribution < -0.4 is 15.0 Å². The summed E-state index contributed by atoms with van der Waals surface area (Å²) in [5.74, 6) is 0.535. The highest BCUT2D eigenvalue weighted by atomic mass is 16.5. The fourth-order valence-corrected chi connectivity index (χ4v) is 4.40. The Kier molecular flexibility index (Phi) is 6.45. The number of H-pyrrole nitrogens is 1. The molecule has 0 spiro atoms. The average Bonchev–Trinajstić information content (AvgIpc) is 3.57. The van der Waals surface area contributed by atoms with Crippen molar-refractivity contribution >= 4 is 22.5 Å². The number of rotatable bonds is 8. The van der Waals surface area contributed by atoms with Crippen LogP contribution in [0.25, 0.3) is 16.6 Å². The second-order valence-electron chi connectivity index (χ2n) is 8.88. The van der Waals surface area contributed by atoms with E-state index in [2.05, 4.69) is 56.7 Å². The largest absolute Gasteiger partial charge is 0.497 e. The molecule has 3 aromatic carbocycles. The van der Waals surface area contributed by atoms with Gasteiger partial charge in [-0.3, -0.25) is 4.79 Å². The molecule has 1 atom stereocenters. The standard InChI is InChI=1S/C29H29N5O2/c1-33(2)21-10-8-20(9-11-21)25(26-19-30-27-7-5-4-6-24(26)27)18-31-29(35)28-16-17-34(32-28)22-12-14-23(36-3)15-13-22/h4-17,19,25,30H,18H2,1-3H3,(H,31,35). The summed E-state index contributed by atoms with van der Waals surface area (Å²) in [5, 5.41) is 8.74. The van der Waals surface area contributed by atoms with Crippen molar-refractivity contribution < 1.29 is 9.53 Å². The molecule has 36 heavy (non-hydrogen) atoms. The average molecular weight is 480 g/mol. The van der Waals surface area contributed by atoms with E-state index in [9.17, 15) is 4.79 Å². The van der Waals surface area contributed by atoms with Gasteiger partial charge in [-0.15, -0.1) is 0 Å². The first-order valence-electron chi connectivity index (χ1n) is 11.8. The Balaban J connectivity index is 1.38. The van der Waals surface area contributed by atoms with E-state index in [1.54, 1.807) is 24.1 Å². The lowest BCUT2D eigenvalue weighted by molar-refractivity contribution is 0.0947. The van der Waals surface area contributed by atoms with Crippen molar-refractivity contribution in [2.75, 3.05) is 32.6 Å². The molecule has 0 saturated heterocycles. The van der Waals surface area contributed by atoms with Gasteiger partial charge in [-0.25, -0.2) is 4.68 Å². The van der Waals surface area contributed by atoms with Crippen molar-refractivity contribution in [1.82, 2.24) is 20.1 Å². The summed E-state index contributed by atoms with van der Waals surface area (Å²) in [4.78, 5) is 18.5. The predicted octanol–water partition coefficient (Wildman–Crippen LogP) is 4.99. The maximum atomic E-state index is 13.1. The van der Waals surface area contributed by atoms with E-state index in [1.807, 2.05) is 56.7 Å². The number of anilines is 1. The van der Waals surface area contributed by atoms with Gasteiger partial charge in [-0.1, -0.05) is 30.3 Å². The summed E-state index contributed by atoms with van der Waals surface area (Å²) < 4.78 is 6.90. The Morgan fingerprint density at radius 1 is 1.03 bits per heavy atom. The zero-order chi connectivity index (χ0) is 25.1. The van der Waals surface area contributed by atoms with E-state index in [0.717, 1.165) is 39.2 Å². The highest BCUT2D eigenvalue weighted by Gasteiger charge is 2.20. The quantitative estimate of drug-likeness (QED) is 0.329. The summed E-state index contributed by atoms with van der Waals surface area (Å²) in [6, 6.07) is 26.0. The maximum Gasteiger partial charge on any atom is 0.271 e. The smallest absolute Gasteiger partial charge is 0.271 e. The lowest BCUT2D eigenvalue weighted by Gasteiger charge is -2.20. The van der Waals surface area contributed by atoms with Crippen molar-refractivity contribution in [2.24, 2.45) is 0 Å². The van der Waals surface area contributed by atoms with Gasteiger partial charge in [-0.2, -0.15) is 5.10 Å². The lowest BCUT2D eigenvalue weighted by Crippen LogP contribution is -2.29. The number of carbonyl (C=O) groups is 1. The second-order valence-corrected chi connectivity index (χ2v) is 8.88. The monoisotopic (exact) mass is 479 g/mol. The number of aromatic nitrogens is 3. The van der Waals surface area contributed by atoms with Crippen LogP contribution in [0.15, 0.2) is 91.3 Å². The van der Waals surface area contributed by atoms with Gasteiger partial charge in [0, 0.05) is 55.5 Å². The Labute approximate surface area is 210 Å². The van der Waals surface area contributed by atoms with E-state index in [1.165, 1.54) is 0 Å². The molecule has 0 radical (unpaired) electrons. The van der Waals surface area contributed by atoms with E-state index < -0.39 is 0 Å². The van der Waals surface area contributed by atoms with Gasteiger partial charge in [0.2, 0.25) is 0 Å². The number of hydrogen-bond donors (Lipinski definition) is 2. The van der Waals surface area contributed by atoms with Gasteiger partial charge in [0.1, 0.15) is 5.75 Å². The summed E-state index contributed by atoms with van der Waals surface area (Å²) in [5.41, 5.74) is 5.71. The first-order chi connectivity index (χ1) is 17.5. The van der Waals surface area contributed by atoms with Crippen LogP contribution >= 0.6 is 0 Å². The zero-order valence-electron chi connectivity index (χ0n) is 20.6. The summed E-state index contributed by atoms with van der Waals surface area (Å²) in [6.45, 7) is 0.442. The van der Waals surface area contributed by atoms with Gasteiger partial charge in [-0.05, 0) is 59.7 Å². The summed E-state index contributed by atoms with van der Waals surface area (Å²) in [6.07, 6.45) is 3.83. The number of para-hydroxylation sites is 1. The van der Waals surface area contributed by atoms with Crippen LogP contribution in [0.2, 0.25) is 0 Å². The number of amides is 1. The number of carbonyl (C=O) groups excluding carboxylic acids is 1. The molecule has 2 heterocycles. The molecule has 0 aliphatic rings. The Morgan fingerprint density at radius 3 is 2.50 bits per heavy atom. The van der Waals surface area contributed by atoms with Crippen molar-refractivity contribution in [3.05, 3.63) is 108 Å². The van der Waals surface area contributed by atoms with E-state index in [0.29, 0.717) is 12.2 Å². The van der Waals surface area contributed by atoms with Gasteiger partial charge < -0.3 is 19.9 Å². The number of fused-ring (bicyclic) bond motifs is 1. The summed E-state index contributed by atoms with van der Waals surface area (Å²) in [7, 11) is 5.68. The van der Waals surface area contributed by atoms with E-state index >= 15 is 0 Å². The van der Waals surface area contributed by atoms with E-state index in [4.69, 9.17) is 4.74 Å². The number of ether oxygens (including phenoxy) is 1. The number of benzene rings is 3. The van der Waals surface area contributed by atoms with Crippen molar-refractivity contribution in [3.8, 4) is 11.4 Å². The molecule has 0 aliphatic heterocycles. The van der Waals surface area contributed by atoms with Crippen LogP contribution in [0.4, 0.5) is 5.69 Å². The van der Waals surface area contributed by atoms with Crippen molar-refractivity contribution in [3.63, 3.8) is 0 Å². The van der Waals surface area contributed by atoms with Gasteiger partial charge in [0.05, 0.1) is 12.8 Å². The molecule has 182 valence electrons. The van der Waals surface area contributed by atoms with Crippen LogP contribution in [-0.2, 0) is 0 Å². The maximum absolute atomic E-state index is 13.1. The normalized spacial score (nSPS) is 11.9. The third-order valence-corrected chi connectivity index (χ3v) is 6.43. The second kappa shape index (κ2) is 10.00. The molecular formula is C29H29N5O2. The van der Waals surface area contributed by atoms with Crippen molar-refractivity contribution in [2.45, 2.75) is 5.92 Å². The third-order valence-electron chi connectivity index (χ3n) is 6.43. The Bertz CT molecular complexity index is 1470. The zero-order valence-corrected chi connectivity index (χ0v) is 20.6. The SMILES string of the molecule is COc1ccc(-n2ccc(C(=O)NCC(c3ccc(N(C)C)cc3)c3c[nH]c4ccccc34)n2)cc1. The first-order valence-corrected chi connectivity index (χ1v) is 11.8. The van der Waals surface area contributed by atoms with Crippen LogP contribution in [-0.4, -0.2) is 48.4 Å². The first kappa shape index (κ1) is 23.2. The molecule has 0 bridgehead atoms. The minimum absolute atomic E-state index is 0.0232. The number of nitrogens with one attached hydrogen (secondary N) is 2. The topological polar surface area (TPSA) is 75.2 Å². The predicted molar refractivity (Wildman–Crippen MR) is 143 cm³/mol. The molecule has 1 unspecified atom stereocenters. The van der Waals surface area contributed by atoms with Crippen LogP contribution in [0.3, 0.4) is 0 Å². The fourth-order valence-electron chi connectivity index (χ4n) is 4.40. The number of methoxy groups -OCH3 is 1. The van der Waals surface area contributed by atoms with Gasteiger partial charge >= 0.3 is 0 Å². The van der Waals surface area contributed by atoms with Crippen LogP contribution in [0.1, 0.15) is 27.5 Å². The highest BCUT2D eigenvalue weighted by Crippen LogP contribution is 2.31. The molecule has 7 nitrogen and oxygen atoms in total. The van der Waals surface area contributed by atoms with Gasteiger partial charge in [0.15, 0.2) is 5.69 Å². The Hall–Kier alpha value is -4.52. The third kappa shape index (κ3) is 4.68.